The summed E-state index contributed by atoms with van der Waals surface area (Å²) >= 11 is 0. The molecule has 1 aliphatic rings. The van der Waals surface area contributed by atoms with Crippen LogP contribution in [0.25, 0.3) is 10.9 Å². The van der Waals surface area contributed by atoms with Crippen LogP contribution in [0.2, 0.25) is 0 Å². The van der Waals surface area contributed by atoms with Gasteiger partial charge in [-0.3, -0.25) is 4.79 Å². The molecule has 49 heavy (non-hydrogen) atoms. The number of nitrogens with zero attached hydrogens (tertiary/aromatic N) is 2. The van der Waals surface area contributed by atoms with Crippen LogP contribution in [0, 0.1) is 11.8 Å². The second kappa shape index (κ2) is 20.0. The molecule has 0 spiro atoms. The maximum Gasteiger partial charge on any atom is 0.251 e. The molecule has 14 heteroatoms. The highest BCUT2D eigenvalue weighted by Gasteiger charge is 2.22. The lowest BCUT2D eigenvalue weighted by Gasteiger charge is -2.30. The van der Waals surface area contributed by atoms with Crippen molar-refractivity contribution in [3.63, 3.8) is 0 Å². The summed E-state index contributed by atoms with van der Waals surface area (Å²) in [6, 6.07) is 13.7. The third-order valence-corrected chi connectivity index (χ3v) is 8.38. The maximum absolute atomic E-state index is 14.9. The summed E-state index contributed by atoms with van der Waals surface area (Å²) in [4.78, 5) is 15.1. The van der Waals surface area contributed by atoms with Crippen LogP contribution in [0.15, 0.2) is 42.5 Å². The second-order valence-corrected chi connectivity index (χ2v) is 14.5. The van der Waals surface area contributed by atoms with Gasteiger partial charge in [-0.25, -0.2) is 4.39 Å². The number of aromatic nitrogens is 1. The number of piperidine rings is 1. The van der Waals surface area contributed by atoms with Crippen molar-refractivity contribution >= 4 is 46.7 Å². The van der Waals surface area contributed by atoms with Gasteiger partial charge in [0.1, 0.15) is 5.75 Å². The molecule has 5 N–H and O–H groups in total. The van der Waals surface area contributed by atoms with Gasteiger partial charge in [0.2, 0.25) is 0 Å². The molecule has 2 heterocycles. The smallest absolute Gasteiger partial charge is 0.251 e. The Morgan fingerprint density at radius 2 is 1.73 bits per heavy atom. The highest BCUT2D eigenvalue weighted by atomic mass is 31.1. The van der Waals surface area contributed by atoms with Crippen molar-refractivity contribution in [1.82, 2.24) is 14.8 Å². The molecule has 11 nitrogen and oxygen atoms in total. The Kier molecular flexibility index (Phi) is 15.8. The number of nitrogens with one attached hydrogen (secondary N) is 3. The Hall–Kier alpha value is -3.00. The molecule has 1 aromatic heterocycles. The summed E-state index contributed by atoms with van der Waals surface area (Å²) in [6.07, 6.45) is 2.15. The van der Waals surface area contributed by atoms with Crippen LogP contribution in [0.1, 0.15) is 28.9 Å². The van der Waals surface area contributed by atoms with Crippen LogP contribution in [-0.2, 0) is 20.8 Å². The number of methoxy groups -OCH3 is 1. The third kappa shape index (κ3) is 12.7. The van der Waals surface area contributed by atoms with E-state index >= 15 is 0 Å². The number of likely N-dealkylation sites (tertiary alicyclic amines) is 1. The number of nitrogens with two attached hydrogens (primary N) is 1. The number of carbonyl (C=O) groups is 1. The van der Waals surface area contributed by atoms with Gasteiger partial charge in [-0.15, -0.1) is 0 Å². The van der Waals surface area contributed by atoms with Gasteiger partial charge in [0.25, 0.3) is 5.91 Å². The minimum Gasteiger partial charge on any atom is -0.495 e. The SMILES string of the molecule is COc1cc(C(=O)NCCOCCOCCOCCN)ccc1NCC#Cc1cc2c(NC3CCN(C)CC3)cccc2n1CC(F)(P)P. The Morgan fingerprint density at radius 3 is 2.43 bits per heavy atom. The van der Waals surface area contributed by atoms with E-state index in [0.717, 1.165) is 48.2 Å². The van der Waals surface area contributed by atoms with Crippen molar-refractivity contribution in [2.75, 3.05) is 97.2 Å². The van der Waals surface area contributed by atoms with Gasteiger partial charge in [-0.05, 0) is 75.3 Å². The molecule has 4 rings (SSSR count). The van der Waals surface area contributed by atoms with Crippen LogP contribution in [0.3, 0.4) is 0 Å². The number of anilines is 2. The summed E-state index contributed by atoms with van der Waals surface area (Å²) in [6.45, 7) is 6.15. The number of amides is 1. The first-order valence-electron chi connectivity index (χ1n) is 16.6. The quantitative estimate of drug-likeness (QED) is 0.0836. The molecular weight excluding hydrogens is 665 g/mol. The van der Waals surface area contributed by atoms with E-state index in [-0.39, 0.29) is 12.5 Å². The zero-order chi connectivity index (χ0) is 35.1. The third-order valence-electron chi connectivity index (χ3n) is 8.01. The molecule has 2 aromatic carbocycles. The highest BCUT2D eigenvalue weighted by Crippen LogP contribution is 2.35. The van der Waals surface area contributed by atoms with Crippen LogP contribution >= 0.6 is 18.5 Å². The summed E-state index contributed by atoms with van der Waals surface area (Å²) in [5.41, 5.74) is 9.23. The van der Waals surface area contributed by atoms with Crippen molar-refractivity contribution in [1.29, 1.82) is 0 Å². The summed E-state index contributed by atoms with van der Waals surface area (Å²) in [5, 5.41) is 9.30. The molecule has 0 radical (unpaired) electrons. The maximum atomic E-state index is 14.9. The number of hydrogen-bond acceptors (Lipinski definition) is 9. The first-order chi connectivity index (χ1) is 23.7. The molecule has 2 unspecified atom stereocenters. The molecule has 0 aliphatic carbocycles. The molecule has 0 saturated carbocycles. The molecule has 1 fully saturated rings. The van der Waals surface area contributed by atoms with Gasteiger partial charge in [0.15, 0.2) is 5.15 Å². The number of fused-ring (bicyclic) bond motifs is 1. The molecule has 1 saturated heterocycles. The number of ether oxygens (including phenoxy) is 4. The average Bonchev–Trinajstić information content (AvgIpc) is 3.42. The number of hydrogen-bond donors (Lipinski definition) is 4. The molecule has 1 amide bonds. The minimum absolute atomic E-state index is 0.116. The molecule has 2 atom stereocenters. The molecule has 268 valence electrons. The van der Waals surface area contributed by atoms with Crippen molar-refractivity contribution < 1.29 is 28.1 Å². The lowest BCUT2D eigenvalue weighted by atomic mass is 10.0. The predicted octanol–water partition coefficient (Wildman–Crippen LogP) is 3.73. The van der Waals surface area contributed by atoms with Crippen molar-refractivity contribution in [2.45, 2.75) is 30.6 Å². The minimum atomic E-state index is -1.58. The first-order valence-corrected chi connectivity index (χ1v) is 17.8. The van der Waals surface area contributed by atoms with Gasteiger partial charge in [-0.2, -0.15) is 0 Å². The van der Waals surface area contributed by atoms with E-state index in [1.165, 1.54) is 0 Å². The lowest BCUT2D eigenvalue weighted by molar-refractivity contribution is 0.0166. The van der Waals surface area contributed by atoms with Crippen LogP contribution in [0.4, 0.5) is 15.8 Å². The van der Waals surface area contributed by atoms with E-state index in [1.807, 2.05) is 22.8 Å². The number of carbonyl (C=O) groups excluding carboxylic acids is 1. The van der Waals surface area contributed by atoms with Crippen LogP contribution < -0.4 is 26.4 Å². The Morgan fingerprint density at radius 1 is 1.02 bits per heavy atom. The van der Waals surface area contributed by atoms with Gasteiger partial charge >= 0.3 is 0 Å². The van der Waals surface area contributed by atoms with Gasteiger partial charge < -0.3 is 50.1 Å². The Bertz CT molecular complexity index is 1550. The zero-order valence-corrected chi connectivity index (χ0v) is 30.9. The fourth-order valence-corrected chi connectivity index (χ4v) is 5.88. The van der Waals surface area contributed by atoms with E-state index < -0.39 is 5.15 Å². The van der Waals surface area contributed by atoms with E-state index in [0.29, 0.717) is 82.3 Å². The van der Waals surface area contributed by atoms with Gasteiger partial charge in [0.05, 0.1) is 76.7 Å². The van der Waals surface area contributed by atoms with Crippen LogP contribution in [0.5, 0.6) is 5.75 Å². The second-order valence-electron chi connectivity index (χ2n) is 12.0. The number of benzene rings is 2. The van der Waals surface area contributed by atoms with Crippen LogP contribution in [-0.4, -0.2) is 113 Å². The fourth-order valence-electron chi connectivity index (χ4n) is 5.52. The molecule has 1 aliphatic heterocycles. The van der Waals surface area contributed by atoms with E-state index in [2.05, 4.69) is 64.3 Å². The van der Waals surface area contributed by atoms with Crippen molar-refractivity contribution in [3.8, 4) is 17.6 Å². The van der Waals surface area contributed by atoms with Crippen molar-refractivity contribution in [2.24, 2.45) is 5.73 Å². The average molecular weight is 717 g/mol. The summed E-state index contributed by atoms with van der Waals surface area (Å²) in [7, 11) is 8.22. The topological polar surface area (TPSA) is 124 Å². The molecular formula is C35H51FN6O5P2. The lowest BCUT2D eigenvalue weighted by Crippen LogP contribution is -2.36. The molecule has 0 bridgehead atoms. The van der Waals surface area contributed by atoms with Crippen molar-refractivity contribution in [3.05, 3.63) is 53.7 Å². The standard InChI is InChI=1S/C35H51FN6O5P2/c1-41-15-10-27(11-16-41)40-30-6-3-7-32-29(30)24-28(42(32)25-35(36,48)49)5-4-13-38-31-9-8-26(23-33(31)44-2)34(43)39-14-18-46-20-22-47-21-19-45-17-12-37/h3,6-9,23-24,27,38,40H,10-22,25,37,48-49H2,1-2H3,(H,39,43). The number of halogens is 1. The first kappa shape index (κ1) is 38.8. The number of alkyl halides is 1. The van der Waals surface area contributed by atoms with Gasteiger partial charge in [0, 0.05) is 35.8 Å². The monoisotopic (exact) mass is 716 g/mol. The van der Waals surface area contributed by atoms with E-state index in [1.54, 1.807) is 25.3 Å². The largest absolute Gasteiger partial charge is 0.495 e. The fraction of sp³-hybridized carbons (Fsp3) is 0.514. The highest BCUT2D eigenvalue weighted by molar-refractivity contribution is 7.39. The van der Waals surface area contributed by atoms with Gasteiger partial charge in [-0.1, -0.05) is 30.5 Å². The normalized spacial score (nSPS) is 14.0. The van der Waals surface area contributed by atoms with E-state index in [4.69, 9.17) is 24.7 Å². The Labute approximate surface area is 293 Å². The zero-order valence-electron chi connectivity index (χ0n) is 28.6. The Balaban J connectivity index is 1.32. The summed E-state index contributed by atoms with van der Waals surface area (Å²) < 4.78 is 38.5. The van der Waals surface area contributed by atoms with E-state index in [9.17, 15) is 9.18 Å². The molecule has 3 aromatic rings. The summed E-state index contributed by atoms with van der Waals surface area (Å²) in [5.74, 6) is 6.72. The number of rotatable bonds is 19. The predicted molar refractivity (Wildman–Crippen MR) is 202 cm³/mol.